The Hall–Kier alpha value is -5.41. The molecule has 0 unspecified atom stereocenters. The third kappa shape index (κ3) is 2.78. The number of hydrogen-bond donors (Lipinski definition) is 0. The van der Waals surface area contributed by atoms with Crippen molar-refractivity contribution in [2.45, 2.75) is 19.3 Å². The number of fused-ring (bicyclic) bond motifs is 15. The summed E-state index contributed by atoms with van der Waals surface area (Å²) in [5.74, 6) is 0. The second-order valence-electron chi connectivity index (χ2n) is 12.4. The van der Waals surface area contributed by atoms with Gasteiger partial charge in [-0.2, -0.15) is 0 Å². The molecule has 0 radical (unpaired) electrons. The SMILES string of the molecule is CC1(C)c2ccccc2-c2c1n1c3ccccc3nc1c1c3ccccc3n(-c3cccc4c3ccc3ccccc34)c21. The molecular weight excluding hydrogens is 522 g/mol. The van der Waals surface area contributed by atoms with E-state index >= 15 is 0 Å². The van der Waals surface area contributed by atoms with Crippen molar-refractivity contribution in [1.82, 2.24) is 14.0 Å². The molecule has 0 atom stereocenters. The zero-order valence-electron chi connectivity index (χ0n) is 24.0. The molecule has 0 saturated carbocycles. The van der Waals surface area contributed by atoms with Crippen LogP contribution in [-0.2, 0) is 5.41 Å². The third-order valence-corrected chi connectivity index (χ3v) is 9.82. The topological polar surface area (TPSA) is 22.2 Å². The number of benzene rings is 6. The fourth-order valence-corrected chi connectivity index (χ4v) is 8.04. The van der Waals surface area contributed by atoms with Gasteiger partial charge in [0.2, 0.25) is 0 Å². The first-order chi connectivity index (χ1) is 21.1. The van der Waals surface area contributed by atoms with E-state index in [1.807, 2.05) is 0 Å². The van der Waals surface area contributed by atoms with Crippen molar-refractivity contribution in [2.24, 2.45) is 0 Å². The molecule has 0 fully saturated rings. The Kier molecular flexibility index (Phi) is 4.26. The van der Waals surface area contributed by atoms with Gasteiger partial charge in [-0.1, -0.05) is 117 Å². The van der Waals surface area contributed by atoms with Crippen LogP contribution in [0.3, 0.4) is 0 Å². The molecule has 0 bridgehead atoms. The van der Waals surface area contributed by atoms with Gasteiger partial charge in [-0.25, -0.2) is 4.98 Å². The molecule has 3 heteroatoms. The van der Waals surface area contributed by atoms with Crippen LogP contribution in [0.4, 0.5) is 0 Å². The van der Waals surface area contributed by atoms with Crippen LogP contribution in [0.15, 0.2) is 127 Å². The van der Waals surface area contributed by atoms with Gasteiger partial charge < -0.3 is 4.57 Å². The number of para-hydroxylation sites is 3. The van der Waals surface area contributed by atoms with Crippen molar-refractivity contribution in [3.05, 3.63) is 139 Å². The predicted octanol–water partition coefficient (Wildman–Crippen LogP) is 10.2. The van der Waals surface area contributed by atoms with E-state index in [0.717, 1.165) is 16.7 Å². The summed E-state index contributed by atoms with van der Waals surface area (Å²) < 4.78 is 4.98. The molecule has 0 saturated heterocycles. The van der Waals surface area contributed by atoms with E-state index < -0.39 is 0 Å². The zero-order valence-corrected chi connectivity index (χ0v) is 24.0. The van der Waals surface area contributed by atoms with Crippen molar-refractivity contribution in [3.8, 4) is 16.8 Å². The Bertz CT molecular complexity index is 2650. The normalized spacial score (nSPS) is 14.0. The van der Waals surface area contributed by atoms with E-state index in [2.05, 4.69) is 150 Å². The van der Waals surface area contributed by atoms with E-state index in [1.165, 1.54) is 71.4 Å². The molecule has 0 N–H and O–H groups in total. The third-order valence-electron chi connectivity index (χ3n) is 9.82. The molecule has 3 heterocycles. The minimum Gasteiger partial charge on any atom is -0.308 e. The molecule has 202 valence electrons. The van der Waals surface area contributed by atoms with E-state index in [1.54, 1.807) is 0 Å². The maximum atomic E-state index is 5.36. The lowest BCUT2D eigenvalue weighted by molar-refractivity contribution is 0.631. The second kappa shape index (κ2) is 7.90. The molecule has 1 aliphatic rings. The monoisotopic (exact) mass is 549 g/mol. The summed E-state index contributed by atoms with van der Waals surface area (Å²) >= 11 is 0. The lowest BCUT2D eigenvalue weighted by Gasteiger charge is -2.23. The van der Waals surface area contributed by atoms with Gasteiger partial charge >= 0.3 is 0 Å². The molecule has 6 aromatic carbocycles. The summed E-state index contributed by atoms with van der Waals surface area (Å²) in [4.78, 5) is 5.36. The summed E-state index contributed by atoms with van der Waals surface area (Å²) in [5.41, 5.74) is 11.9. The van der Waals surface area contributed by atoms with Crippen molar-refractivity contribution >= 4 is 60.0 Å². The average Bonchev–Trinajstić information content (AvgIpc) is 3.67. The van der Waals surface area contributed by atoms with Gasteiger partial charge in [-0.3, -0.25) is 4.40 Å². The van der Waals surface area contributed by atoms with E-state index in [0.29, 0.717) is 0 Å². The number of hydrogen-bond acceptors (Lipinski definition) is 1. The molecule has 0 spiro atoms. The summed E-state index contributed by atoms with van der Waals surface area (Å²) in [5, 5.41) is 7.48. The van der Waals surface area contributed by atoms with Gasteiger partial charge in [-0.05, 0) is 51.6 Å². The van der Waals surface area contributed by atoms with Crippen molar-refractivity contribution in [2.75, 3.05) is 0 Å². The lowest BCUT2D eigenvalue weighted by atomic mass is 9.85. The molecule has 3 aromatic heterocycles. The van der Waals surface area contributed by atoms with Gasteiger partial charge in [0.05, 0.1) is 33.1 Å². The number of aromatic nitrogens is 3. The van der Waals surface area contributed by atoms with Crippen LogP contribution in [0.5, 0.6) is 0 Å². The highest BCUT2D eigenvalue weighted by molar-refractivity contribution is 6.22. The highest BCUT2D eigenvalue weighted by Gasteiger charge is 2.41. The van der Waals surface area contributed by atoms with E-state index in [9.17, 15) is 0 Å². The van der Waals surface area contributed by atoms with Crippen molar-refractivity contribution in [1.29, 1.82) is 0 Å². The first-order valence-corrected chi connectivity index (χ1v) is 15.0. The fourth-order valence-electron chi connectivity index (χ4n) is 8.04. The first kappa shape index (κ1) is 23.2. The Morgan fingerprint density at radius 3 is 2.21 bits per heavy atom. The van der Waals surface area contributed by atoms with Gasteiger partial charge in [0.25, 0.3) is 0 Å². The number of imidazole rings is 1. The maximum Gasteiger partial charge on any atom is 0.148 e. The van der Waals surface area contributed by atoms with Crippen LogP contribution in [0.2, 0.25) is 0 Å². The molecule has 9 aromatic rings. The van der Waals surface area contributed by atoms with Gasteiger partial charge in [0, 0.05) is 27.4 Å². The minimum atomic E-state index is -0.210. The van der Waals surface area contributed by atoms with Gasteiger partial charge in [-0.15, -0.1) is 0 Å². The zero-order chi connectivity index (χ0) is 28.4. The summed E-state index contributed by atoms with van der Waals surface area (Å²) in [7, 11) is 0. The predicted molar refractivity (Wildman–Crippen MR) is 180 cm³/mol. The van der Waals surface area contributed by atoms with E-state index in [-0.39, 0.29) is 5.41 Å². The van der Waals surface area contributed by atoms with Gasteiger partial charge in [0.1, 0.15) is 5.65 Å². The Labute approximate surface area is 248 Å². The van der Waals surface area contributed by atoms with Crippen LogP contribution < -0.4 is 0 Å². The first-order valence-electron chi connectivity index (χ1n) is 15.0. The lowest BCUT2D eigenvalue weighted by Crippen LogP contribution is -2.19. The standard InChI is InChI=1S/C40H27N3/c1-40(2)30-17-7-5-14-28(30)35-37-36(39-41-31-18-8-10-20-34(31)43(39)38(35)40)29-15-6-9-19-33(29)42(37)32-21-11-16-26-25-13-4-3-12-24(25)22-23-27(26)32/h3-23H,1-2H3. The van der Waals surface area contributed by atoms with Crippen LogP contribution in [0.25, 0.3) is 76.8 Å². The summed E-state index contributed by atoms with van der Waals surface area (Å²) in [6.07, 6.45) is 0. The van der Waals surface area contributed by atoms with Crippen LogP contribution >= 0.6 is 0 Å². The highest BCUT2D eigenvalue weighted by Crippen LogP contribution is 2.54. The largest absolute Gasteiger partial charge is 0.308 e. The molecule has 43 heavy (non-hydrogen) atoms. The van der Waals surface area contributed by atoms with Crippen molar-refractivity contribution in [3.63, 3.8) is 0 Å². The van der Waals surface area contributed by atoms with Crippen molar-refractivity contribution < 1.29 is 0 Å². The molecule has 1 aliphatic carbocycles. The number of nitrogens with zero attached hydrogens (tertiary/aromatic N) is 3. The molecule has 3 nitrogen and oxygen atoms in total. The van der Waals surface area contributed by atoms with Crippen LogP contribution in [0, 0.1) is 0 Å². The minimum absolute atomic E-state index is 0.210. The quantitative estimate of drug-likeness (QED) is 0.187. The Morgan fingerprint density at radius 1 is 0.581 bits per heavy atom. The van der Waals surface area contributed by atoms with Crippen LogP contribution in [0.1, 0.15) is 25.1 Å². The average molecular weight is 550 g/mol. The molecular formula is C40H27N3. The summed E-state index contributed by atoms with van der Waals surface area (Å²) in [6, 6.07) is 46.5. The van der Waals surface area contributed by atoms with Gasteiger partial charge in [0.15, 0.2) is 0 Å². The smallest absolute Gasteiger partial charge is 0.148 e. The van der Waals surface area contributed by atoms with Crippen LogP contribution in [-0.4, -0.2) is 14.0 Å². The number of rotatable bonds is 1. The molecule has 10 rings (SSSR count). The highest BCUT2D eigenvalue weighted by atomic mass is 15.1. The second-order valence-corrected chi connectivity index (χ2v) is 12.4. The number of pyridine rings is 1. The van der Waals surface area contributed by atoms with E-state index in [4.69, 9.17) is 4.98 Å². The molecule has 0 aliphatic heterocycles. The molecule has 0 amide bonds. The Balaban J connectivity index is 1.51. The summed E-state index contributed by atoms with van der Waals surface area (Å²) in [6.45, 7) is 4.74. The fraction of sp³-hybridized carbons (Fsp3) is 0.0750. The Morgan fingerprint density at radius 2 is 1.30 bits per heavy atom. The maximum absolute atomic E-state index is 5.36.